The minimum atomic E-state index is 0.373. The Morgan fingerprint density at radius 1 is 1.33 bits per heavy atom. The molecule has 0 aromatic carbocycles. The summed E-state index contributed by atoms with van der Waals surface area (Å²) in [6.07, 6.45) is 4.98. The fourth-order valence-electron chi connectivity index (χ4n) is 2.87. The third kappa shape index (κ3) is 9.56. The molecule has 0 spiro atoms. The van der Waals surface area contributed by atoms with E-state index in [4.69, 9.17) is 0 Å². The van der Waals surface area contributed by atoms with E-state index in [-0.39, 0.29) is 0 Å². The van der Waals surface area contributed by atoms with Crippen LogP contribution in [0.1, 0.15) is 53.3 Å². The molecule has 1 rings (SSSR count). The van der Waals surface area contributed by atoms with Crippen molar-refractivity contribution in [3.8, 4) is 0 Å². The molecule has 0 bridgehead atoms. The van der Waals surface area contributed by atoms with Gasteiger partial charge < -0.3 is 20.1 Å². The zero-order chi connectivity index (χ0) is 20.1. The minimum Gasteiger partial charge on any atom is -0.355 e. The number of rotatable bonds is 13. The van der Waals surface area contributed by atoms with Crippen molar-refractivity contribution in [2.45, 2.75) is 66.5 Å². The van der Waals surface area contributed by atoms with Gasteiger partial charge in [-0.05, 0) is 46.3 Å². The van der Waals surface area contributed by atoms with Crippen LogP contribution in [0.5, 0.6) is 0 Å². The monoisotopic (exact) mass is 377 g/mol. The number of hydrogen-bond donors (Lipinski definition) is 2. The second kappa shape index (κ2) is 13.3. The van der Waals surface area contributed by atoms with Gasteiger partial charge in [0, 0.05) is 25.6 Å². The molecule has 27 heavy (non-hydrogen) atoms. The maximum atomic E-state index is 4.64. The summed E-state index contributed by atoms with van der Waals surface area (Å²) in [6.45, 7) is 20.3. The van der Waals surface area contributed by atoms with Gasteiger partial charge in [-0.15, -0.1) is 10.2 Å². The van der Waals surface area contributed by atoms with Crippen LogP contribution in [0, 0.1) is 0 Å². The molecule has 1 aromatic rings. The van der Waals surface area contributed by atoms with E-state index in [0.29, 0.717) is 12.6 Å². The van der Waals surface area contributed by atoms with Crippen LogP contribution >= 0.6 is 0 Å². The van der Waals surface area contributed by atoms with Gasteiger partial charge in [0.2, 0.25) is 0 Å². The molecule has 1 atom stereocenters. The molecule has 0 fully saturated rings. The first-order chi connectivity index (χ1) is 13.0. The second-order valence-electron chi connectivity index (χ2n) is 7.06. The highest BCUT2D eigenvalue weighted by atomic mass is 15.3. The van der Waals surface area contributed by atoms with Gasteiger partial charge in [0.25, 0.3) is 0 Å². The predicted molar refractivity (Wildman–Crippen MR) is 114 cm³/mol. The number of nitrogens with one attached hydrogen (secondary N) is 2. The van der Waals surface area contributed by atoms with Crippen molar-refractivity contribution in [3.05, 3.63) is 24.3 Å². The Balaban J connectivity index is 2.48. The van der Waals surface area contributed by atoms with E-state index >= 15 is 0 Å². The molecule has 7 heteroatoms. The van der Waals surface area contributed by atoms with Crippen LogP contribution in [0.15, 0.2) is 23.5 Å². The van der Waals surface area contributed by atoms with Gasteiger partial charge >= 0.3 is 0 Å². The maximum absolute atomic E-state index is 4.64. The Morgan fingerprint density at radius 2 is 2.07 bits per heavy atom. The Kier molecular flexibility index (Phi) is 11.4. The molecule has 0 saturated heterocycles. The number of hydrogen-bond acceptors (Lipinski definition) is 4. The van der Waals surface area contributed by atoms with Crippen molar-refractivity contribution in [1.82, 2.24) is 30.3 Å². The number of aliphatic imine (C=N–C) groups is 1. The summed E-state index contributed by atoms with van der Waals surface area (Å²) in [5.41, 5.74) is 1.05. The first-order valence-corrected chi connectivity index (χ1v) is 10.3. The number of guanidine groups is 1. The van der Waals surface area contributed by atoms with Crippen molar-refractivity contribution in [3.63, 3.8) is 0 Å². The summed E-state index contributed by atoms with van der Waals surface area (Å²) in [5, 5.41) is 15.1. The Morgan fingerprint density at radius 3 is 2.70 bits per heavy atom. The first kappa shape index (κ1) is 23.1. The number of nitrogens with zero attached hydrogens (tertiary/aromatic N) is 5. The normalized spacial score (nSPS) is 13.0. The van der Waals surface area contributed by atoms with Crippen LogP contribution in [0.2, 0.25) is 0 Å². The average Bonchev–Trinajstić information content (AvgIpc) is 3.10. The van der Waals surface area contributed by atoms with Crippen LogP contribution in [-0.2, 0) is 13.0 Å². The minimum absolute atomic E-state index is 0.373. The second-order valence-corrected chi connectivity index (χ2v) is 7.06. The van der Waals surface area contributed by atoms with E-state index in [1.165, 1.54) is 6.42 Å². The number of aryl methyl sites for hydroxylation is 1. The lowest BCUT2D eigenvalue weighted by atomic mass is 10.2. The van der Waals surface area contributed by atoms with Crippen LogP contribution in [0.4, 0.5) is 0 Å². The molecule has 0 aliphatic carbocycles. The van der Waals surface area contributed by atoms with Gasteiger partial charge in [0.1, 0.15) is 12.2 Å². The lowest BCUT2D eigenvalue weighted by molar-refractivity contribution is 0.292. The molecular weight excluding hydrogens is 338 g/mol. The Hall–Kier alpha value is -1.89. The molecule has 154 valence electrons. The highest BCUT2D eigenvalue weighted by Gasteiger charge is 2.08. The fraction of sp³-hybridized carbons (Fsp3) is 0.750. The van der Waals surface area contributed by atoms with Crippen LogP contribution < -0.4 is 10.6 Å². The molecule has 1 aromatic heterocycles. The van der Waals surface area contributed by atoms with Crippen molar-refractivity contribution >= 4 is 5.96 Å². The molecule has 1 heterocycles. The Bertz CT molecular complexity index is 560. The van der Waals surface area contributed by atoms with Crippen molar-refractivity contribution in [2.75, 3.05) is 32.7 Å². The first-order valence-electron chi connectivity index (χ1n) is 10.3. The average molecular weight is 378 g/mol. The quantitative estimate of drug-likeness (QED) is 0.314. The van der Waals surface area contributed by atoms with E-state index in [2.05, 4.69) is 69.6 Å². The molecule has 7 nitrogen and oxygen atoms in total. The summed E-state index contributed by atoms with van der Waals surface area (Å²) in [5.74, 6) is 1.86. The SMILES string of the molecule is C=C(C)CN=C(NCCn1cnnc1CC)NC(C)CCCN(CC)CC. The molecule has 2 N–H and O–H groups in total. The van der Waals surface area contributed by atoms with Crippen LogP contribution in [-0.4, -0.2) is 64.4 Å². The highest BCUT2D eigenvalue weighted by molar-refractivity contribution is 5.80. The molecule has 0 aliphatic rings. The zero-order valence-corrected chi connectivity index (χ0v) is 18.0. The van der Waals surface area contributed by atoms with Gasteiger partial charge in [-0.25, -0.2) is 4.99 Å². The van der Waals surface area contributed by atoms with E-state index < -0.39 is 0 Å². The summed E-state index contributed by atoms with van der Waals surface area (Å²) >= 11 is 0. The van der Waals surface area contributed by atoms with Crippen molar-refractivity contribution in [1.29, 1.82) is 0 Å². The lowest BCUT2D eigenvalue weighted by Gasteiger charge is -2.21. The van der Waals surface area contributed by atoms with Gasteiger partial charge in [0.15, 0.2) is 5.96 Å². The van der Waals surface area contributed by atoms with E-state index in [9.17, 15) is 0 Å². The smallest absolute Gasteiger partial charge is 0.191 e. The third-order valence-corrected chi connectivity index (χ3v) is 4.55. The van der Waals surface area contributed by atoms with Crippen molar-refractivity contribution in [2.24, 2.45) is 4.99 Å². The highest BCUT2D eigenvalue weighted by Crippen LogP contribution is 2.00. The van der Waals surface area contributed by atoms with E-state index in [0.717, 1.165) is 62.9 Å². The van der Waals surface area contributed by atoms with Gasteiger partial charge in [0.05, 0.1) is 6.54 Å². The number of aromatic nitrogens is 3. The predicted octanol–water partition coefficient (Wildman–Crippen LogP) is 2.46. The molecule has 1 unspecified atom stereocenters. The topological polar surface area (TPSA) is 70.4 Å². The molecule has 0 aliphatic heterocycles. The van der Waals surface area contributed by atoms with Crippen LogP contribution in [0.3, 0.4) is 0 Å². The summed E-state index contributed by atoms with van der Waals surface area (Å²) in [6, 6.07) is 0.373. The summed E-state index contributed by atoms with van der Waals surface area (Å²) in [4.78, 5) is 7.11. The van der Waals surface area contributed by atoms with E-state index in [1.54, 1.807) is 6.33 Å². The largest absolute Gasteiger partial charge is 0.355 e. The fourth-order valence-corrected chi connectivity index (χ4v) is 2.87. The Labute approximate surface area is 165 Å². The summed E-state index contributed by atoms with van der Waals surface area (Å²) in [7, 11) is 0. The molecular formula is C20H39N7. The summed E-state index contributed by atoms with van der Waals surface area (Å²) < 4.78 is 2.08. The standard InChI is InChI=1S/C20H39N7/c1-7-19-25-23-16-27(19)14-12-21-20(22-15-17(4)5)24-18(6)11-10-13-26(8-2)9-3/h16,18H,4,7-15H2,1-3,5-6H3,(H2,21,22,24). The van der Waals surface area contributed by atoms with Crippen LogP contribution in [0.25, 0.3) is 0 Å². The van der Waals surface area contributed by atoms with E-state index in [1.807, 2.05) is 6.92 Å². The zero-order valence-electron chi connectivity index (χ0n) is 18.0. The lowest BCUT2D eigenvalue weighted by Crippen LogP contribution is -2.43. The molecule has 0 radical (unpaired) electrons. The maximum Gasteiger partial charge on any atom is 0.191 e. The molecule has 0 saturated carbocycles. The van der Waals surface area contributed by atoms with Gasteiger partial charge in [-0.2, -0.15) is 0 Å². The van der Waals surface area contributed by atoms with Crippen molar-refractivity contribution < 1.29 is 0 Å². The third-order valence-electron chi connectivity index (χ3n) is 4.55. The molecule has 0 amide bonds. The van der Waals surface area contributed by atoms with Gasteiger partial charge in [-0.1, -0.05) is 32.9 Å². The van der Waals surface area contributed by atoms with Gasteiger partial charge in [-0.3, -0.25) is 0 Å².